The molecule has 0 unspecified atom stereocenters. The fraction of sp³-hybridized carbons (Fsp3) is 0.0952. The van der Waals surface area contributed by atoms with E-state index in [-0.39, 0.29) is 5.91 Å². The van der Waals surface area contributed by atoms with E-state index in [1.165, 1.54) is 4.68 Å². The third-order valence-electron chi connectivity index (χ3n) is 4.19. The lowest BCUT2D eigenvalue weighted by Gasteiger charge is -2.09. The Hall–Kier alpha value is -3.38. The third kappa shape index (κ3) is 3.82. The molecule has 28 heavy (non-hydrogen) atoms. The molecule has 1 amide bonds. The number of amides is 1. The second kappa shape index (κ2) is 8.10. The van der Waals surface area contributed by atoms with Crippen molar-refractivity contribution in [2.45, 2.75) is 6.42 Å². The normalized spacial score (nSPS) is 10.8. The summed E-state index contributed by atoms with van der Waals surface area (Å²) in [4.78, 5) is 17.1. The van der Waals surface area contributed by atoms with Gasteiger partial charge in [-0.1, -0.05) is 29.8 Å². The number of pyridine rings is 1. The number of carbonyl (C=O) groups excluding carboxylic acids is 1. The lowest BCUT2D eigenvalue weighted by molar-refractivity contribution is 0.0946. The van der Waals surface area contributed by atoms with Crippen LogP contribution in [0, 0.1) is 0 Å². The fourth-order valence-corrected chi connectivity index (χ4v) is 3.05. The molecule has 7 heteroatoms. The molecule has 0 aliphatic carbocycles. The standard InChI is InChI=1S/C21H17ClN4O2/c22-16-7-1-2-8-18(16)26-19(14-17(25-26)20-9-5-13-28-20)21(27)24-12-10-15-6-3-4-11-23-15/h1-9,11,13-14H,10,12H2,(H,24,27). The topological polar surface area (TPSA) is 73.0 Å². The van der Waals surface area contributed by atoms with Crippen LogP contribution in [0.4, 0.5) is 0 Å². The molecule has 0 radical (unpaired) electrons. The van der Waals surface area contributed by atoms with Gasteiger partial charge in [0.2, 0.25) is 0 Å². The van der Waals surface area contributed by atoms with Crippen LogP contribution in [0.25, 0.3) is 17.1 Å². The first kappa shape index (κ1) is 18.0. The average Bonchev–Trinajstić information content (AvgIpc) is 3.39. The van der Waals surface area contributed by atoms with Crippen LogP contribution < -0.4 is 5.32 Å². The highest BCUT2D eigenvalue weighted by Crippen LogP contribution is 2.25. The second-order valence-electron chi connectivity index (χ2n) is 6.08. The fourth-order valence-electron chi connectivity index (χ4n) is 2.84. The van der Waals surface area contributed by atoms with Crippen LogP contribution in [0.1, 0.15) is 16.2 Å². The molecule has 4 rings (SSSR count). The molecule has 140 valence electrons. The Kier molecular flexibility index (Phi) is 5.21. The van der Waals surface area contributed by atoms with E-state index in [9.17, 15) is 4.79 Å². The minimum absolute atomic E-state index is 0.249. The molecule has 0 bridgehead atoms. The maximum absolute atomic E-state index is 12.9. The number of hydrogen-bond donors (Lipinski definition) is 1. The Labute approximate surface area is 166 Å². The minimum atomic E-state index is -0.249. The van der Waals surface area contributed by atoms with Gasteiger partial charge in [0.1, 0.15) is 11.4 Å². The number of furan rings is 1. The smallest absolute Gasteiger partial charge is 0.270 e. The summed E-state index contributed by atoms with van der Waals surface area (Å²) in [6.07, 6.45) is 3.94. The number of halogens is 1. The summed E-state index contributed by atoms with van der Waals surface area (Å²) >= 11 is 6.33. The highest BCUT2D eigenvalue weighted by molar-refractivity contribution is 6.32. The zero-order chi connectivity index (χ0) is 19.3. The van der Waals surface area contributed by atoms with Gasteiger partial charge in [-0.25, -0.2) is 4.68 Å². The van der Waals surface area contributed by atoms with Crippen molar-refractivity contribution in [3.63, 3.8) is 0 Å². The number of aromatic nitrogens is 3. The molecule has 6 nitrogen and oxygen atoms in total. The first-order valence-corrected chi connectivity index (χ1v) is 9.17. The summed E-state index contributed by atoms with van der Waals surface area (Å²) in [5.74, 6) is 0.328. The van der Waals surface area contributed by atoms with E-state index < -0.39 is 0 Å². The molecule has 0 saturated heterocycles. The number of hydrogen-bond acceptors (Lipinski definition) is 4. The van der Waals surface area contributed by atoms with Gasteiger partial charge < -0.3 is 9.73 Å². The molecule has 0 fully saturated rings. The SMILES string of the molecule is O=C(NCCc1ccccn1)c1cc(-c2ccco2)nn1-c1ccccc1Cl. The summed E-state index contributed by atoms with van der Waals surface area (Å²) in [6.45, 7) is 0.458. The van der Waals surface area contributed by atoms with E-state index in [1.54, 1.807) is 36.7 Å². The number of benzene rings is 1. The molecule has 1 N–H and O–H groups in total. The van der Waals surface area contributed by atoms with Gasteiger partial charge in [0.15, 0.2) is 5.76 Å². The van der Waals surface area contributed by atoms with Crippen molar-refractivity contribution in [2.24, 2.45) is 0 Å². The average molecular weight is 393 g/mol. The second-order valence-corrected chi connectivity index (χ2v) is 6.49. The summed E-state index contributed by atoms with van der Waals surface area (Å²) in [6, 6.07) is 18.2. The van der Waals surface area contributed by atoms with E-state index in [4.69, 9.17) is 16.0 Å². The lowest BCUT2D eigenvalue weighted by atomic mass is 10.2. The van der Waals surface area contributed by atoms with Gasteiger partial charge in [-0.05, 0) is 36.4 Å². The van der Waals surface area contributed by atoms with Crippen molar-refractivity contribution in [3.8, 4) is 17.1 Å². The van der Waals surface area contributed by atoms with E-state index in [0.29, 0.717) is 40.8 Å². The molecule has 0 atom stereocenters. The first-order valence-electron chi connectivity index (χ1n) is 8.79. The maximum Gasteiger partial charge on any atom is 0.270 e. The van der Waals surface area contributed by atoms with Crippen LogP contribution in [0.5, 0.6) is 0 Å². The summed E-state index contributed by atoms with van der Waals surface area (Å²) < 4.78 is 6.96. The van der Waals surface area contributed by atoms with E-state index in [0.717, 1.165) is 5.69 Å². The zero-order valence-electron chi connectivity index (χ0n) is 14.9. The number of para-hydroxylation sites is 1. The predicted octanol–water partition coefficient (Wildman–Crippen LogP) is 4.15. The van der Waals surface area contributed by atoms with Crippen molar-refractivity contribution in [3.05, 3.63) is 89.5 Å². The number of carbonyl (C=O) groups is 1. The van der Waals surface area contributed by atoms with E-state index in [1.807, 2.05) is 36.4 Å². The molecular weight excluding hydrogens is 376 g/mol. The third-order valence-corrected chi connectivity index (χ3v) is 4.51. The summed E-state index contributed by atoms with van der Waals surface area (Å²) in [5, 5.41) is 7.96. The number of rotatable bonds is 6. The Morgan fingerprint density at radius 2 is 1.96 bits per heavy atom. The predicted molar refractivity (Wildman–Crippen MR) is 107 cm³/mol. The van der Waals surface area contributed by atoms with Gasteiger partial charge in [-0.3, -0.25) is 9.78 Å². The monoisotopic (exact) mass is 392 g/mol. The molecule has 0 spiro atoms. The van der Waals surface area contributed by atoms with Crippen LogP contribution in [0.3, 0.4) is 0 Å². The lowest BCUT2D eigenvalue weighted by Crippen LogP contribution is -2.28. The Bertz CT molecular complexity index is 1080. The Morgan fingerprint density at radius 3 is 2.71 bits per heavy atom. The van der Waals surface area contributed by atoms with Crippen molar-refractivity contribution >= 4 is 17.5 Å². The maximum atomic E-state index is 12.9. The Morgan fingerprint density at radius 1 is 1.11 bits per heavy atom. The molecular formula is C21H17ClN4O2. The molecule has 4 aromatic rings. The van der Waals surface area contributed by atoms with Gasteiger partial charge in [0.25, 0.3) is 5.91 Å². The van der Waals surface area contributed by atoms with Gasteiger partial charge in [0, 0.05) is 30.9 Å². The zero-order valence-corrected chi connectivity index (χ0v) is 15.6. The first-order chi connectivity index (χ1) is 13.7. The number of nitrogens with zero attached hydrogens (tertiary/aromatic N) is 3. The van der Waals surface area contributed by atoms with Crippen molar-refractivity contribution < 1.29 is 9.21 Å². The van der Waals surface area contributed by atoms with Crippen LogP contribution in [0.15, 0.2) is 77.5 Å². The summed E-state index contributed by atoms with van der Waals surface area (Å²) in [7, 11) is 0. The van der Waals surface area contributed by atoms with Crippen LogP contribution in [-0.4, -0.2) is 27.2 Å². The largest absolute Gasteiger partial charge is 0.463 e. The Balaban J connectivity index is 1.61. The van der Waals surface area contributed by atoms with Crippen molar-refractivity contribution in [1.82, 2.24) is 20.1 Å². The number of nitrogens with one attached hydrogen (secondary N) is 1. The quantitative estimate of drug-likeness (QED) is 0.535. The molecule has 3 heterocycles. The van der Waals surface area contributed by atoms with Crippen molar-refractivity contribution in [1.29, 1.82) is 0 Å². The molecule has 0 aliphatic heterocycles. The van der Waals surface area contributed by atoms with E-state index >= 15 is 0 Å². The summed E-state index contributed by atoms with van der Waals surface area (Å²) in [5.41, 5.74) is 2.47. The van der Waals surface area contributed by atoms with Gasteiger partial charge in [-0.15, -0.1) is 0 Å². The van der Waals surface area contributed by atoms with Crippen LogP contribution in [0.2, 0.25) is 5.02 Å². The molecule has 0 aliphatic rings. The highest BCUT2D eigenvalue weighted by Gasteiger charge is 2.19. The van der Waals surface area contributed by atoms with Gasteiger partial charge in [-0.2, -0.15) is 5.10 Å². The van der Waals surface area contributed by atoms with Crippen LogP contribution in [-0.2, 0) is 6.42 Å². The van der Waals surface area contributed by atoms with Crippen LogP contribution >= 0.6 is 11.6 Å². The molecule has 1 aromatic carbocycles. The van der Waals surface area contributed by atoms with Gasteiger partial charge in [0.05, 0.1) is 17.0 Å². The molecule has 3 aromatic heterocycles. The van der Waals surface area contributed by atoms with Crippen molar-refractivity contribution in [2.75, 3.05) is 6.54 Å². The van der Waals surface area contributed by atoms with E-state index in [2.05, 4.69) is 15.4 Å². The van der Waals surface area contributed by atoms with Gasteiger partial charge >= 0.3 is 0 Å². The highest BCUT2D eigenvalue weighted by atomic mass is 35.5. The molecule has 0 saturated carbocycles. The minimum Gasteiger partial charge on any atom is -0.463 e.